The van der Waals surface area contributed by atoms with E-state index in [1.807, 2.05) is 32.2 Å². The standard InChI is InChI=1S/C15H20N2O2S/c1-9-10(2)20-15(17-9)13(16-3)11-7-6-8-12(18-4)14(11)19-5/h6-8,13,16H,1-5H3. The first-order valence-electron chi connectivity index (χ1n) is 6.44. The number of nitrogens with zero attached hydrogens (tertiary/aromatic N) is 1. The molecule has 1 unspecified atom stereocenters. The number of methoxy groups -OCH3 is 2. The Balaban J connectivity index is 2.51. The van der Waals surface area contributed by atoms with Crippen LogP contribution in [-0.4, -0.2) is 26.3 Å². The van der Waals surface area contributed by atoms with Crippen LogP contribution in [0.1, 0.15) is 27.2 Å². The summed E-state index contributed by atoms with van der Waals surface area (Å²) in [4.78, 5) is 5.89. The van der Waals surface area contributed by atoms with Crippen molar-refractivity contribution >= 4 is 11.3 Å². The molecule has 108 valence electrons. The smallest absolute Gasteiger partial charge is 0.165 e. The first-order valence-corrected chi connectivity index (χ1v) is 7.26. The minimum atomic E-state index is -0.00236. The summed E-state index contributed by atoms with van der Waals surface area (Å²) in [6.07, 6.45) is 0. The normalized spacial score (nSPS) is 12.2. The molecular weight excluding hydrogens is 272 g/mol. The van der Waals surface area contributed by atoms with Crippen molar-refractivity contribution in [3.63, 3.8) is 0 Å². The van der Waals surface area contributed by atoms with Crippen LogP contribution in [-0.2, 0) is 0 Å². The molecule has 0 aliphatic rings. The van der Waals surface area contributed by atoms with Crippen LogP contribution >= 0.6 is 11.3 Å². The van der Waals surface area contributed by atoms with Crippen molar-refractivity contribution in [3.05, 3.63) is 39.3 Å². The summed E-state index contributed by atoms with van der Waals surface area (Å²) in [6.45, 7) is 4.12. The Morgan fingerprint density at radius 3 is 2.45 bits per heavy atom. The zero-order chi connectivity index (χ0) is 14.7. The Morgan fingerprint density at radius 1 is 1.20 bits per heavy atom. The molecule has 0 radical (unpaired) electrons. The van der Waals surface area contributed by atoms with Crippen molar-refractivity contribution < 1.29 is 9.47 Å². The first-order chi connectivity index (χ1) is 9.62. The number of para-hydroxylation sites is 1. The van der Waals surface area contributed by atoms with E-state index in [9.17, 15) is 0 Å². The topological polar surface area (TPSA) is 43.4 Å². The molecule has 1 aromatic heterocycles. The van der Waals surface area contributed by atoms with Crippen molar-refractivity contribution in [1.82, 2.24) is 10.3 Å². The Labute approximate surface area is 123 Å². The maximum atomic E-state index is 5.52. The summed E-state index contributed by atoms with van der Waals surface area (Å²) in [7, 11) is 5.23. The highest BCUT2D eigenvalue weighted by atomic mass is 32.1. The third kappa shape index (κ3) is 2.64. The zero-order valence-electron chi connectivity index (χ0n) is 12.5. The molecule has 0 saturated carbocycles. The van der Waals surface area contributed by atoms with Gasteiger partial charge in [-0.05, 0) is 27.0 Å². The van der Waals surface area contributed by atoms with E-state index in [2.05, 4.69) is 17.2 Å². The average molecular weight is 292 g/mol. The largest absolute Gasteiger partial charge is 0.493 e. The van der Waals surface area contributed by atoms with Crippen LogP contribution in [0.15, 0.2) is 18.2 Å². The molecule has 1 atom stereocenters. The van der Waals surface area contributed by atoms with Crippen molar-refractivity contribution in [3.8, 4) is 11.5 Å². The molecule has 20 heavy (non-hydrogen) atoms. The average Bonchev–Trinajstić information content (AvgIpc) is 2.78. The molecule has 1 heterocycles. The molecule has 5 heteroatoms. The summed E-state index contributed by atoms with van der Waals surface area (Å²) in [5, 5.41) is 4.35. The lowest BCUT2D eigenvalue weighted by atomic mass is 10.1. The summed E-state index contributed by atoms with van der Waals surface area (Å²) in [5.74, 6) is 1.48. The fraction of sp³-hybridized carbons (Fsp3) is 0.400. The first kappa shape index (κ1) is 14.8. The number of aromatic nitrogens is 1. The van der Waals surface area contributed by atoms with Gasteiger partial charge in [-0.1, -0.05) is 12.1 Å². The number of benzene rings is 1. The van der Waals surface area contributed by atoms with Crippen molar-refractivity contribution in [1.29, 1.82) is 0 Å². The van der Waals surface area contributed by atoms with E-state index in [1.54, 1.807) is 25.6 Å². The van der Waals surface area contributed by atoms with E-state index in [0.29, 0.717) is 0 Å². The highest BCUT2D eigenvalue weighted by Gasteiger charge is 2.22. The maximum Gasteiger partial charge on any atom is 0.165 e. The number of hydrogen-bond acceptors (Lipinski definition) is 5. The fourth-order valence-corrected chi connectivity index (χ4v) is 3.22. The van der Waals surface area contributed by atoms with Gasteiger partial charge in [-0.25, -0.2) is 4.98 Å². The van der Waals surface area contributed by atoms with E-state index < -0.39 is 0 Å². The van der Waals surface area contributed by atoms with Crippen LogP contribution in [0.2, 0.25) is 0 Å². The Hall–Kier alpha value is -1.59. The quantitative estimate of drug-likeness (QED) is 0.919. The van der Waals surface area contributed by atoms with Crippen LogP contribution in [0, 0.1) is 13.8 Å². The molecule has 0 aliphatic carbocycles. The van der Waals surface area contributed by atoms with Gasteiger partial charge in [0, 0.05) is 10.4 Å². The number of rotatable bonds is 5. The van der Waals surface area contributed by atoms with Crippen LogP contribution < -0.4 is 14.8 Å². The number of hydrogen-bond donors (Lipinski definition) is 1. The van der Waals surface area contributed by atoms with Gasteiger partial charge in [-0.2, -0.15) is 0 Å². The summed E-state index contributed by atoms with van der Waals surface area (Å²) in [5.41, 5.74) is 2.11. The number of nitrogens with one attached hydrogen (secondary N) is 1. The Bertz CT molecular complexity index is 576. The molecule has 0 amide bonds. The molecule has 0 fully saturated rings. The highest BCUT2D eigenvalue weighted by molar-refractivity contribution is 7.11. The second-order valence-electron chi connectivity index (χ2n) is 4.50. The van der Waals surface area contributed by atoms with Gasteiger partial charge in [0.25, 0.3) is 0 Å². The van der Waals surface area contributed by atoms with Gasteiger partial charge >= 0.3 is 0 Å². The third-order valence-corrected chi connectivity index (χ3v) is 4.46. The lowest BCUT2D eigenvalue weighted by molar-refractivity contribution is 0.349. The molecule has 0 saturated heterocycles. The number of thiazole rings is 1. The van der Waals surface area contributed by atoms with E-state index in [-0.39, 0.29) is 6.04 Å². The molecule has 0 bridgehead atoms. The SMILES string of the molecule is CNC(c1nc(C)c(C)s1)c1cccc(OC)c1OC. The second-order valence-corrected chi connectivity index (χ2v) is 5.73. The zero-order valence-corrected chi connectivity index (χ0v) is 13.3. The molecular formula is C15H20N2O2S. The Morgan fingerprint density at radius 2 is 1.95 bits per heavy atom. The van der Waals surface area contributed by atoms with Crippen molar-refractivity contribution in [2.45, 2.75) is 19.9 Å². The van der Waals surface area contributed by atoms with E-state index in [4.69, 9.17) is 9.47 Å². The number of aryl methyl sites for hydroxylation is 2. The molecule has 2 aromatic rings. The predicted octanol–water partition coefficient (Wildman–Crippen LogP) is 3.09. The summed E-state index contributed by atoms with van der Waals surface area (Å²) < 4.78 is 10.9. The van der Waals surface area contributed by atoms with Gasteiger partial charge in [0.05, 0.1) is 26.0 Å². The van der Waals surface area contributed by atoms with Gasteiger partial charge in [0.1, 0.15) is 5.01 Å². The van der Waals surface area contributed by atoms with Crippen molar-refractivity contribution in [2.24, 2.45) is 0 Å². The highest BCUT2D eigenvalue weighted by Crippen LogP contribution is 2.38. The minimum absolute atomic E-state index is 0.00236. The summed E-state index contributed by atoms with van der Waals surface area (Å²) >= 11 is 1.70. The van der Waals surface area contributed by atoms with E-state index >= 15 is 0 Å². The van der Waals surface area contributed by atoms with Crippen molar-refractivity contribution in [2.75, 3.05) is 21.3 Å². The van der Waals surface area contributed by atoms with Crippen LogP contribution in [0.25, 0.3) is 0 Å². The molecule has 0 aliphatic heterocycles. The van der Waals surface area contributed by atoms with Gasteiger partial charge < -0.3 is 14.8 Å². The monoisotopic (exact) mass is 292 g/mol. The second kappa shape index (κ2) is 6.24. The third-order valence-electron chi connectivity index (χ3n) is 3.33. The van der Waals surface area contributed by atoms with Crippen LogP contribution in [0.3, 0.4) is 0 Å². The molecule has 4 nitrogen and oxygen atoms in total. The van der Waals surface area contributed by atoms with E-state index in [0.717, 1.165) is 27.8 Å². The molecule has 0 spiro atoms. The number of ether oxygens (including phenoxy) is 2. The molecule has 1 N–H and O–H groups in total. The minimum Gasteiger partial charge on any atom is -0.493 e. The van der Waals surface area contributed by atoms with Crippen LogP contribution in [0.4, 0.5) is 0 Å². The fourth-order valence-electron chi connectivity index (χ4n) is 2.17. The summed E-state index contributed by atoms with van der Waals surface area (Å²) in [6, 6.07) is 5.90. The van der Waals surface area contributed by atoms with E-state index in [1.165, 1.54) is 4.88 Å². The van der Waals surface area contributed by atoms with Gasteiger partial charge in [0.2, 0.25) is 0 Å². The predicted molar refractivity (Wildman–Crippen MR) is 82.0 cm³/mol. The molecule has 2 rings (SSSR count). The van der Waals surface area contributed by atoms with Gasteiger partial charge in [0.15, 0.2) is 11.5 Å². The lowest BCUT2D eigenvalue weighted by Crippen LogP contribution is -2.18. The Kier molecular flexibility index (Phi) is 4.62. The van der Waals surface area contributed by atoms with Gasteiger partial charge in [-0.3, -0.25) is 0 Å². The van der Waals surface area contributed by atoms with Crippen LogP contribution in [0.5, 0.6) is 11.5 Å². The lowest BCUT2D eigenvalue weighted by Gasteiger charge is -2.19. The maximum absolute atomic E-state index is 5.52. The van der Waals surface area contributed by atoms with Gasteiger partial charge in [-0.15, -0.1) is 11.3 Å². The molecule has 1 aromatic carbocycles.